The van der Waals surface area contributed by atoms with E-state index in [4.69, 9.17) is 0 Å². The number of nitrogens with one attached hydrogen (secondary N) is 1. The first-order valence-corrected chi connectivity index (χ1v) is 7.00. The minimum atomic E-state index is -3.65. The summed E-state index contributed by atoms with van der Waals surface area (Å²) >= 11 is 0. The lowest BCUT2D eigenvalue weighted by Crippen LogP contribution is -2.18. The van der Waals surface area contributed by atoms with Crippen LogP contribution in [0.25, 0.3) is 0 Å². The quantitative estimate of drug-likeness (QED) is 0.784. The molecule has 1 aliphatic heterocycles. The molecule has 0 bridgehead atoms. The van der Waals surface area contributed by atoms with Crippen LogP contribution in [0, 0.1) is 11.6 Å². The first-order chi connectivity index (χ1) is 7.95. The van der Waals surface area contributed by atoms with Crippen LogP contribution in [0.15, 0.2) is 17.0 Å². The van der Waals surface area contributed by atoms with Crippen molar-refractivity contribution in [2.24, 2.45) is 0 Å². The molecule has 0 saturated carbocycles. The van der Waals surface area contributed by atoms with Crippen LogP contribution in [-0.2, 0) is 9.84 Å². The molecule has 1 N–H and O–H groups in total. The minimum absolute atomic E-state index is 0.0965. The lowest BCUT2D eigenvalue weighted by Gasteiger charge is -2.16. The molecule has 0 saturated heterocycles. The van der Waals surface area contributed by atoms with Crippen LogP contribution in [0.4, 0.5) is 8.78 Å². The first-order valence-electron chi connectivity index (χ1n) is 5.34. The fraction of sp³-hybridized carbons (Fsp3) is 0.455. The zero-order valence-electron chi connectivity index (χ0n) is 9.33. The molecule has 3 nitrogen and oxygen atoms in total. The number of benzene rings is 1. The van der Waals surface area contributed by atoms with Crippen LogP contribution in [0.5, 0.6) is 0 Å². The third-order valence-corrected chi connectivity index (χ3v) is 4.86. The third kappa shape index (κ3) is 2.19. The maximum Gasteiger partial charge on any atom is 0.181 e. The Balaban J connectivity index is 2.74. The minimum Gasteiger partial charge on any atom is -0.313 e. The van der Waals surface area contributed by atoms with Gasteiger partial charge < -0.3 is 5.32 Å². The maximum absolute atomic E-state index is 13.7. The number of fused-ring (bicyclic) bond motifs is 1. The Labute approximate surface area is 98.8 Å². The van der Waals surface area contributed by atoms with Crippen LogP contribution in [-0.4, -0.2) is 21.2 Å². The summed E-state index contributed by atoms with van der Waals surface area (Å²) in [4.78, 5) is -0.351. The molecule has 0 spiro atoms. The Morgan fingerprint density at radius 2 is 2.06 bits per heavy atom. The number of hydrogen-bond acceptors (Lipinski definition) is 3. The molecule has 1 atom stereocenters. The van der Waals surface area contributed by atoms with E-state index < -0.39 is 21.5 Å². The van der Waals surface area contributed by atoms with E-state index in [0.717, 1.165) is 6.07 Å². The second kappa shape index (κ2) is 4.34. The summed E-state index contributed by atoms with van der Waals surface area (Å²) in [5.41, 5.74) is 0.197. The van der Waals surface area contributed by atoms with E-state index in [0.29, 0.717) is 18.9 Å². The smallest absolute Gasteiger partial charge is 0.181 e. The van der Waals surface area contributed by atoms with E-state index in [-0.39, 0.29) is 22.3 Å². The van der Waals surface area contributed by atoms with E-state index in [1.807, 2.05) is 0 Å². The molecule has 6 heteroatoms. The van der Waals surface area contributed by atoms with Crippen LogP contribution >= 0.6 is 0 Å². The number of rotatable bonds is 1. The lowest BCUT2D eigenvalue weighted by molar-refractivity contribution is 0.510. The monoisotopic (exact) mass is 261 g/mol. The summed E-state index contributed by atoms with van der Waals surface area (Å²) in [5, 5.41) is 2.89. The Bertz CT molecular complexity index is 543. The highest BCUT2D eigenvalue weighted by atomic mass is 32.2. The van der Waals surface area contributed by atoms with Crippen LogP contribution in [0.3, 0.4) is 0 Å². The van der Waals surface area contributed by atoms with E-state index >= 15 is 0 Å². The average Bonchev–Trinajstić information content (AvgIpc) is 2.34. The molecule has 0 fully saturated rings. The van der Waals surface area contributed by atoms with Gasteiger partial charge in [-0.2, -0.15) is 0 Å². The summed E-state index contributed by atoms with van der Waals surface area (Å²) in [5.74, 6) is -1.85. The Kier molecular flexibility index (Phi) is 3.18. The standard InChI is InChI=1S/C11H13F2NO2S/c1-14-10-3-2-4-17(15,16)11-8(10)5-7(12)6-9(11)13/h5-6,10,14H,2-4H2,1H3. The number of hydrogen-bond donors (Lipinski definition) is 1. The Hall–Kier alpha value is -1.01. The summed E-state index contributed by atoms with van der Waals surface area (Å²) < 4.78 is 50.7. The SMILES string of the molecule is CNC1CCCS(=O)(=O)c2c(F)cc(F)cc21. The number of halogens is 2. The topological polar surface area (TPSA) is 46.2 Å². The molecule has 0 aromatic heterocycles. The van der Waals surface area contributed by atoms with Gasteiger partial charge in [-0.3, -0.25) is 0 Å². The van der Waals surface area contributed by atoms with Gasteiger partial charge in [0.25, 0.3) is 0 Å². The van der Waals surface area contributed by atoms with Crippen molar-refractivity contribution in [3.05, 3.63) is 29.3 Å². The second-order valence-electron chi connectivity index (χ2n) is 4.11. The second-order valence-corrected chi connectivity index (χ2v) is 6.15. The Morgan fingerprint density at radius 3 is 2.71 bits per heavy atom. The lowest BCUT2D eigenvalue weighted by atomic mass is 10.0. The van der Waals surface area contributed by atoms with Crippen LogP contribution < -0.4 is 5.32 Å². The molecule has 1 heterocycles. The summed E-state index contributed by atoms with van der Waals surface area (Å²) in [6.45, 7) is 0. The van der Waals surface area contributed by atoms with Gasteiger partial charge in [-0.05, 0) is 31.5 Å². The van der Waals surface area contributed by atoms with E-state index in [9.17, 15) is 17.2 Å². The highest BCUT2D eigenvalue weighted by Crippen LogP contribution is 2.33. The molecule has 1 unspecified atom stereocenters. The summed E-state index contributed by atoms with van der Waals surface area (Å²) in [6, 6.07) is 1.39. The van der Waals surface area contributed by atoms with E-state index in [1.165, 1.54) is 0 Å². The molecule has 0 amide bonds. The van der Waals surface area contributed by atoms with Crippen molar-refractivity contribution < 1.29 is 17.2 Å². The van der Waals surface area contributed by atoms with Crippen LogP contribution in [0.1, 0.15) is 24.4 Å². The number of sulfone groups is 1. The molecular formula is C11H13F2NO2S. The molecule has 94 valence electrons. The van der Waals surface area contributed by atoms with Crippen molar-refractivity contribution >= 4 is 9.84 Å². The van der Waals surface area contributed by atoms with E-state index in [2.05, 4.69) is 5.32 Å². The zero-order chi connectivity index (χ0) is 12.6. The normalized spacial score (nSPS) is 22.9. The van der Waals surface area contributed by atoms with Crippen LogP contribution in [0.2, 0.25) is 0 Å². The van der Waals surface area contributed by atoms with Crippen molar-refractivity contribution in [2.75, 3.05) is 12.8 Å². The van der Waals surface area contributed by atoms with Gasteiger partial charge in [0.05, 0.1) is 5.75 Å². The maximum atomic E-state index is 13.7. The van der Waals surface area contributed by atoms with Crippen molar-refractivity contribution in [3.63, 3.8) is 0 Å². The summed E-state index contributed by atoms with van der Waals surface area (Å²) in [7, 11) is -2.00. The van der Waals surface area contributed by atoms with Gasteiger partial charge in [0, 0.05) is 12.1 Å². The summed E-state index contributed by atoms with van der Waals surface area (Å²) in [6.07, 6.45) is 0.981. The fourth-order valence-corrected chi connectivity index (χ4v) is 3.87. The molecule has 1 aromatic rings. The van der Waals surface area contributed by atoms with Gasteiger partial charge in [-0.25, -0.2) is 17.2 Å². The van der Waals surface area contributed by atoms with Gasteiger partial charge in [0.1, 0.15) is 16.5 Å². The van der Waals surface area contributed by atoms with Crippen molar-refractivity contribution in [1.82, 2.24) is 5.32 Å². The first kappa shape index (κ1) is 12.4. The van der Waals surface area contributed by atoms with E-state index in [1.54, 1.807) is 7.05 Å². The molecule has 0 radical (unpaired) electrons. The molecule has 1 aromatic carbocycles. The van der Waals surface area contributed by atoms with Gasteiger partial charge in [0.2, 0.25) is 0 Å². The molecule has 2 rings (SSSR count). The van der Waals surface area contributed by atoms with Gasteiger partial charge in [-0.1, -0.05) is 0 Å². The van der Waals surface area contributed by atoms with Gasteiger partial charge in [-0.15, -0.1) is 0 Å². The molecule has 17 heavy (non-hydrogen) atoms. The molecular weight excluding hydrogens is 248 g/mol. The Morgan fingerprint density at radius 1 is 1.35 bits per heavy atom. The predicted molar refractivity (Wildman–Crippen MR) is 59.4 cm³/mol. The van der Waals surface area contributed by atoms with Gasteiger partial charge in [0.15, 0.2) is 9.84 Å². The predicted octanol–water partition coefficient (Wildman–Crippen LogP) is 1.79. The van der Waals surface area contributed by atoms with Crippen molar-refractivity contribution in [2.45, 2.75) is 23.8 Å². The zero-order valence-corrected chi connectivity index (χ0v) is 10.2. The third-order valence-electron chi connectivity index (χ3n) is 2.98. The fourth-order valence-electron chi connectivity index (χ4n) is 2.20. The molecule has 0 aliphatic carbocycles. The highest BCUT2D eigenvalue weighted by Gasteiger charge is 2.30. The van der Waals surface area contributed by atoms with Crippen molar-refractivity contribution in [3.8, 4) is 0 Å². The van der Waals surface area contributed by atoms with Crippen molar-refractivity contribution in [1.29, 1.82) is 0 Å². The van der Waals surface area contributed by atoms with Gasteiger partial charge >= 0.3 is 0 Å². The average molecular weight is 261 g/mol. The molecule has 1 aliphatic rings. The largest absolute Gasteiger partial charge is 0.313 e. The highest BCUT2D eigenvalue weighted by molar-refractivity contribution is 7.91.